The van der Waals surface area contributed by atoms with Crippen molar-refractivity contribution in [2.75, 3.05) is 36.0 Å². The first-order chi connectivity index (χ1) is 22.5. The van der Waals surface area contributed by atoms with E-state index in [-0.39, 0.29) is 16.7 Å². The summed E-state index contributed by atoms with van der Waals surface area (Å²) in [6, 6.07) is 13.9. The highest BCUT2D eigenvalue weighted by Crippen LogP contribution is 2.51. The van der Waals surface area contributed by atoms with E-state index in [1.807, 2.05) is 6.07 Å². The van der Waals surface area contributed by atoms with Gasteiger partial charge in [-0.2, -0.15) is 8.42 Å². The lowest BCUT2D eigenvalue weighted by Gasteiger charge is -2.45. The van der Waals surface area contributed by atoms with Gasteiger partial charge in [0.1, 0.15) is 0 Å². The van der Waals surface area contributed by atoms with Crippen molar-refractivity contribution in [3.05, 3.63) is 87.0 Å². The van der Waals surface area contributed by atoms with Crippen molar-refractivity contribution in [2.24, 2.45) is 4.99 Å². The van der Waals surface area contributed by atoms with E-state index in [9.17, 15) is 17.8 Å². The molecular weight excluding hydrogens is 611 g/mol. The average Bonchev–Trinajstić information content (AvgIpc) is 3.03. The molecule has 0 amide bonds. The second-order valence-corrected chi connectivity index (χ2v) is 15.6. The molecule has 0 radical (unpaired) electrons. The number of rotatable bonds is 9. The summed E-state index contributed by atoms with van der Waals surface area (Å²) >= 11 is 0. The van der Waals surface area contributed by atoms with Gasteiger partial charge in [0.15, 0.2) is 0 Å². The first kappa shape index (κ1) is 31.9. The number of carboxylic acids is 1. The van der Waals surface area contributed by atoms with Crippen LogP contribution in [-0.2, 0) is 46.1 Å². The molecule has 3 aromatic carbocycles. The Balaban J connectivity index is 1.35. The van der Waals surface area contributed by atoms with Gasteiger partial charge in [0, 0.05) is 67.1 Å². The molecule has 0 spiro atoms. The number of nitrogens with zero attached hydrogens (tertiary/aromatic N) is 3. The molecule has 0 saturated carbocycles. The van der Waals surface area contributed by atoms with Gasteiger partial charge >= 0.3 is 5.97 Å². The molecule has 0 unspecified atom stereocenters. The minimum Gasteiger partial charge on any atom is -0.481 e. The zero-order valence-corrected chi connectivity index (χ0v) is 28.3. The third-order valence-electron chi connectivity index (χ3n) is 10.7. The molecule has 0 atom stereocenters. The fourth-order valence-corrected chi connectivity index (χ4v) is 9.36. The number of unbranched alkanes of at least 4 members (excludes halogenated alkanes) is 2. The van der Waals surface area contributed by atoms with Gasteiger partial charge in [-0.3, -0.25) is 14.3 Å². The average molecular weight is 656 g/mol. The molecule has 0 bridgehead atoms. The summed E-state index contributed by atoms with van der Waals surface area (Å²) in [5.41, 5.74) is 13.2. The number of benzene rings is 3. The number of aliphatic imine (C=N–C) groups is 1. The molecular formula is C38H45N3O5S. The van der Waals surface area contributed by atoms with Crippen LogP contribution >= 0.6 is 0 Å². The lowest BCUT2D eigenvalue weighted by molar-refractivity contribution is -0.137. The lowest BCUT2D eigenvalue weighted by Crippen LogP contribution is -2.39. The number of hydrogen-bond donors (Lipinski definition) is 2. The lowest BCUT2D eigenvalue weighted by atomic mass is 9.64. The van der Waals surface area contributed by atoms with Crippen molar-refractivity contribution in [2.45, 2.75) is 94.9 Å². The van der Waals surface area contributed by atoms with E-state index in [1.165, 1.54) is 57.1 Å². The summed E-state index contributed by atoms with van der Waals surface area (Å²) in [4.78, 5) is 21.2. The quantitative estimate of drug-likeness (QED) is 0.195. The minimum atomic E-state index is -4.34. The SMILES string of the molecule is CC1(C)c2cc3c(cc2C(=NCCCCCC(=O)O)c2cc4c5c(c21)CCCN5CCC4)CCCN3Cc1ccccc1S(=O)(=O)O. The van der Waals surface area contributed by atoms with Crippen LogP contribution in [0.25, 0.3) is 0 Å². The molecule has 248 valence electrons. The molecule has 3 aliphatic heterocycles. The van der Waals surface area contributed by atoms with E-state index in [0.29, 0.717) is 25.1 Å². The van der Waals surface area contributed by atoms with E-state index in [0.717, 1.165) is 76.0 Å². The second kappa shape index (κ2) is 12.4. The molecule has 0 saturated heterocycles. The fourth-order valence-electron chi connectivity index (χ4n) is 8.64. The Morgan fingerprint density at radius 3 is 2.43 bits per heavy atom. The van der Waals surface area contributed by atoms with Gasteiger partial charge in [-0.25, -0.2) is 0 Å². The number of hydrogen-bond acceptors (Lipinski definition) is 6. The molecule has 9 heteroatoms. The molecule has 47 heavy (non-hydrogen) atoms. The summed E-state index contributed by atoms with van der Waals surface area (Å²) < 4.78 is 34.4. The van der Waals surface area contributed by atoms with E-state index in [2.05, 4.69) is 41.8 Å². The minimum absolute atomic E-state index is 0.0365. The van der Waals surface area contributed by atoms with Crippen molar-refractivity contribution in [1.29, 1.82) is 0 Å². The summed E-state index contributed by atoms with van der Waals surface area (Å²) in [6.07, 6.45) is 8.89. The van der Waals surface area contributed by atoms with Crippen LogP contribution in [0.3, 0.4) is 0 Å². The van der Waals surface area contributed by atoms with Gasteiger partial charge in [0.25, 0.3) is 10.1 Å². The van der Waals surface area contributed by atoms with Crippen LogP contribution < -0.4 is 9.80 Å². The first-order valence-electron chi connectivity index (χ1n) is 17.2. The Bertz CT molecular complexity index is 1880. The molecule has 7 rings (SSSR count). The molecule has 4 aliphatic rings. The normalized spacial score (nSPS) is 18.7. The topological polar surface area (TPSA) is 111 Å². The van der Waals surface area contributed by atoms with Crippen molar-refractivity contribution >= 4 is 33.2 Å². The predicted molar refractivity (Wildman–Crippen MR) is 186 cm³/mol. The van der Waals surface area contributed by atoms with Gasteiger partial charge in [-0.1, -0.05) is 38.5 Å². The number of aryl methyl sites for hydroxylation is 2. The Labute approximate surface area is 278 Å². The molecule has 1 aliphatic carbocycles. The number of aliphatic carboxylic acids is 1. The highest BCUT2D eigenvalue weighted by atomic mass is 32.2. The number of anilines is 2. The zero-order chi connectivity index (χ0) is 32.9. The smallest absolute Gasteiger partial charge is 0.303 e. The van der Waals surface area contributed by atoms with Gasteiger partial charge in [-0.15, -0.1) is 0 Å². The third-order valence-corrected chi connectivity index (χ3v) is 11.7. The van der Waals surface area contributed by atoms with E-state index in [1.54, 1.807) is 12.1 Å². The molecule has 0 aromatic heterocycles. The maximum Gasteiger partial charge on any atom is 0.303 e. The van der Waals surface area contributed by atoms with Crippen LogP contribution in [0.1, 0.15) is 103 Å². The van der Waals surface area contributed by atoms with Gasteiger partial charge in [0.2, 0.25) is 0 Å². The number of carboxylic acid groups (broad SMARTS) is 1. The van der Waals surface area contributed by atoms with Crippen LogP contribution in [0.15, 0.2) is 52.4 Å². The summed E-state index contributed by atoms with van der Waals surface area (Å²) in [5.74, 6) is -0.748. The Morgan fingerprint density at radius 1 is 0.915 bits per heavy atom. The maximum absolute atomic E-state index is 12.2. The molecule has 3 heterocycles. The summed E-state index contributed by atoms with van der Waals surface area (Å²) in [7, 11) is -4.34. The molecule has 8 nitrogen and oxygen atoms in total. The summed E-state index contributed by atoms with van der Waals surface area (Å²) in [5, 5.41) is 9.09. The largest absolute Gasteiger partial charge is 0.481 e. The van der Waals surface area contributed by atoms with E-state index in [4.69, 9.17) is 10.1 Å². The van der Waals surface area contributed by atoms with Gasteiger partial charge in [-0.05, 0) is 109 Å². The standard InChI is InChI=1S/C38H45N3O5S/c1-38(2)31-23-32-25(12-8-20-41(32)24-27-11-5-6-15-33(27)47(44,45)46)21-29(31)36(39-17-7-3-4-16-34(42)43)30-22-26-13-9-18-40-19-10-14-28(35(30)38)37(26)40/h5-6,11,15,21-23H,3-4,7-10,12-14,16-20,24H2,1-2H3,(H,42,43)(H,44,45,46). The van der Waals surface area contributed by atoms with Crippen LogP contribution in [0, 0.1) is 0 Å². The van der Waals surface area contributed by atoms with E-state index < -0.39 is 16.1 Å². The highest BCUT2D eigenvalue weighted by Gasteiger charge is 2.42. The first-order valence-corrected chi connectivity index (χ1v) is 18.7. The van der Waals surface area contributed by atoms with Crippen molar-refractivity contribution in [3.8, 4) is 0 Å². The number of carbonyl (C=O) groups is 1. The Morgan fingerprint density at radius 2 is 1.64 bits per heavy atom. The Hall–Kier alpha value is -3.69. The van der Waals surface area contributed by atoms with Gasteiger partial charge in [0.05, 0.1) is 10.6 Å². The Kier molecular flexibility index (Phi) is 8.41. The zero-order valence-electron chi connectivity index (χ0n) is 27.5. The monoisotopic (exact) mass is 655 g/mol. The molecule has 3 aromatic rings. The molecule has 2 N–H and O–H groups in total. The van der Waals surface area contributed by atoms with Crippen LogP contribution in [0.4, 0.5) is 11.4 Å². The number of fused-ring (bicyclic) bond motifs is 4. The van der Waals surface area contributed by atoms with Crippen molar-refractivity contribution in [1.82, 2.24) is 0 Å². The van der Waals surface area contributed by atoms with Crippen molar-refractivity contribution in [3.63, 3.8) is 0 Å². The fraction of sp³-hybridized carbons (Fsp3) is 0.474. The summed E-state index contributed by atoms with van der Waals surface area (Å²) in [6.45, 7) is 8.78. The van der Waals surface area contributed by atoms with Crippen molar-refractivity contribution < 1.29 is 22.9 Å². The van der Waals surface area contributed by atoms with Crippen LogP contribution in [0.5, 0.6) is 0 Å². The maximum atomic E-state index is 12.2. The van der Waals surface area contributed by atoms with Gasteiger partial charge < -0.3 is 14.9 Å². The van der Waals surface area contributed by atoms with E-state index >= 15 is 0 Å². The molecule has 0 fully saturated rings. The third kappa shape index (κ3) is 5.86. The predicted octanol–water partition coefficient (Wildman–Crippen LogP) is 6.71. The van der Waals surface area contributed by atoms with Crippen LogP contribution in [-0.4, -0.2) is 55.9 Å². The second-order valence-electron chi connectivity index (χ2n) is 14.2. The van der Waals surface area contributed by atoms with Crippen LogP contribution in [0.2, 0.25) is 0 Å². The highest BCUT2D eigenvalue weighted by molar-refractivity contribution is 7.85.